The zero-order valence-electron chi connectivity index (χ0n) is 7.86. The van der Waals surface area contributed by atoms with Crippen molar-refractivity contribution in [3.63, 3.8) is 0 Å². The standard InChI is InChI=1S/C12H10OS/c1-14-11-5-6-12-9(7-11)3-2-4-10(12)8-13/h2-8H,1H3. The van der Waals surface area contributed by atoms with Gasteiger partial charge in [-0.1, -0.05) is 24.3 Å². The smallest absolute Gasteiger partial charge is 0.150 e. The number of carbonyl (C=O) groups is 1. The third-order valence-electron chi connectivity index (χ3n) is 2.25. The molecule has 0 aliphatic heterocycles. The van der Waals surface area contributed by atoms with E-state index in [1.807, 2.05) is 36.6 Å². The van der Waals surface area contributed by atoms with Gasteiger partial charge in [0.05, 0.1) is 0 Å². The molecule has 0 aliphatic rings. The van der Waals surface area contributed by atoms with Crippen molar-refractivity contribution < 1.29 is 4.79 Å². The van der Waals surface area contributed by atoms with Gasteiger partial charge in [-0.25, -0.2) is 0 Å². The van der Waals surface area contributed by atoms with Crippen molar-refractivity contribution in [3.05, 3.63) is 42.0 Å². The lowest BCUT2D eigenvalue weighted by molar-refractivity contribution is 0.112. The van der Waals surface area contributed by atoms with E-state index in [4.69, 9.17) is 0 Å². The zero-order valence-corrected chi connectivity index (χ0v) is 8.67. The Balaban J connectivity index is 2.73. The van der Waals surface area contributed by atoms with Crippen molar-refractivity contribution in [2.75, 3.05) is 6.26 Å². The fourth-order valence-corrected chi connectivity index (χ4v) is 1.97. The van der Waals surface area contributed by atoms with Crippen molar-refractivity contribution >= 4 is 28.8 Å². The number of fused-ring (bicyclic) bond motifs is 1. The summed E-state index contributed by atoms with van der Waals surface area (Å²) in [6, 6.07) is 11.9. The van der Waals surface area contributed by atoms with Crippen molar-refractivity contribution in [1.82, 2.24) is 0 Å². The van der Waals surface area contributed by atoms with E-state index in [1.165, 1.54) is 4.90 Å². The molecule has 0 N–H and O–H groups in total. The van der Waals surface area contributed by atoms with Crippen LogP contribution in [0.2, 0.25) is 0 Å². The molecule has 2 rings (SSSR count). The van der Waals surface area contributed by atoms with Crippen LogP contribution >= 0.6 is 11.8 Å². The summed E-state index contributed by atoms with van der Waals surface area (Å²) >= 11 is 1.71. The fraction of sp³-hybridized carbons (Fsp3) is 0.0833. The molecule has 0 fully saturated rings. The summed E-state index contributed by atoms with van der Waals surface area (Å²) < 4.78 is 0. The minimum Gasteiger partial charge on any atom is -0.298 e. The third-order valence-corrected chi connectivity index (χ3v) is 2.97. The summed E-state index contributed by atoms with van der Waals surface area (Å²) in [6.07, 6.45) is 2.95. The number of rotatable bonds is 2. The van der Waals surface area contributed by atoms with Crippen LogP contribution in [0.4, 0.5) is 0 Å². The van der Waals surface area contributed by atoms with E-state index in [1.54, 1.807) is 11.8 Å². The van der Waals surface area contributed by atoms with Crippen molar-refractivity contribution in [2.45, 2.75) is 4.90 Å². The number of hydrogen-bond acceptors (Lipinski definition) is 2. The molecule has 0 spiro atoms. The molecule has 0 heterocycles. The molecule has 0 aromatic heterocycles. The molecule has 2 aromatic carbocycles. The van der Waals surface area contributed by atoms with Crippen LogP contribution in [-0.2, 0) is 0 Å². The Morgan fingerprint density at radius 3 is 2.79 bits per heavy atom. The molecule has 1 nitrogen and oxygen atoms in total. The highest BCUT2D eigenvalue weighted by Gasteiger charge is 1.99. The van der Waals surface area contributed by atoms with E-state index in [0.29, 0.717) is 0 Å². The van der Waals surface area contributed by atoms with Gasteiger partial charge in [0.15, 0.2) is 6.29 Å². The first-order valence-electron chi connectivity index (χ1n) is 4.37. The van der Waals surface area contributed by atoms with Gasteiger partial charge in [0.25, 0.3) is 0 Å². The number of hydrogen-bond donors (Lipinski definition) is 0. The summed E-state index contributed by atoms with van der Waals surface area (Å²) in [7, 11) is 0. The van der Waals surface area contributed by atoms with Crippen molar-refractivity contribution in [2.24, 2.45) is 0 Å². The second kappa shape index (κ2) is 3.84. The average molecular weight is 202 g/mol. The summed E-state index contributed by atoms with van der Waals surface area (Å²) in [5.74, 6) is 0. The number of thioether (sulfide) groups is 1. The molecular formula is C12H10OS. The highest BCUT2D eigenvalue weighted by molar-refractivity contribution is 7.98. The van der Waals surface area contributed by atoms with Gasteiger partial charge in [-0.15, -0.1) is 11.8 Å². The second-order valence-electron chi connectivity index (χ2n) is 3.05. The van der Waals surface area contributed by atoms with Crippen molar-refractivity contribution in [3.8, 4) is 0 Å². The molecular weight excluding hydrogens is 192 g/mol. The predicted molar refractivity (Wildman–Crippen MR) is 61.1 cm³/mol. The first kappa shape index (κ1) is 9.28. The number of benzene rings is 2. The van der Waals surface area contributed by atoms with Crippen LogP contribution in [0.25, 0.3) is 10.8 Å². The maximum absolute atomic E-state index is 10.8. The SMILES string of the molecule is CSc1ccc2c(C=O)cccc2c1. The minimum absolute atomic E-state index is 0.759. The van der Waals surface area contributed by atoms with Crippen molar-refractivity contribution in [1.29, 1.82) is 0 Å². The van der Waals surface area contributed by atoms with Crippen LogP contribution in [0.5, 0.6) is 0 Å². The highest BCUT2D eigenvalue weighted by atomic mass is 32.2. The predicted octanol–water partition coefficient (Wildman–Crippen LogP) is 3.37. The first-order valence-corrected chi connectivity index (χ1v) is 5.59. The first-order chi connectivity index (χ1) is 6.85. The van der Waals surface area contributed by atoms with Crippen LogP contribution in [0.3, 0.4) is 0 Å². The Kier molecular flexibility index (Phi) is 2.55. The lowest BCUT2D eigenvalue weighted by Gasteiger charge is -2.02. The summed E-state index contributed by atoms with van der Waals surface area (Å²) in [5, 5.41) is 2.15. The molecule has 14 heavy (non-hydrogen) atoms. The van der Waals surface area contributed by atoms with Gasteiger partial charge in [-0.05, 0) is 29.2 Å². The molecule has 0 bridgehead atoms. The highest BCUT2D eigenvalue weighted by Crippen LogP contribution is 2.23. The number of carbonyl (C=O) groups excluding carboxylic acids is 1. The molecule has 70 valence electrons. The van der Waals surface area contributed by atoms with E-state index in [2.05, 4.69) is 6.07 Å². The largest absolute Gasteiger partial charge is 0.298 e. The lowest BCUT2D eigenvalue weighted by Crippen LogP contribution is -1.82. The summed E-state index contributed by atoms with van der Waals surface area (Å²) in [6.45, 7) is 0. The molecule has 0 amide bonds. The molecule has 0 unspecified atom stereocenters. The Hall–Kier alpha value is -1.28. The second-order valence-corrected chi connectivity index (χ2v) is 3.93. The van der Waals surface area contributed by atoms with Gasteiger partial charge >= 0.3 is 0 Å². The Labute approximate surface area is 87.1 Å². The molecule has 2 heteroatoms. The van der Waals surface area contributed by atoms with Crippen LogP contribution in [0.1, 0.15) is 10.4 Å². The van der Waals surface area contributed by atoms with E-state index in [9.17, 15) is 4.79 Å². The Bertz CT molecular complexity index is 477. The van der Waals surface area contributed by atoms with Crippen LogP contribution < -0.4 is 0 Å². The van der Waals surface area contributed by atoms with Gasteiger partial charge in [0.1, 0.15) is 0 Å². The molecule has 2 aromatic rings. The van der Waals surface area contributed by atoms with E-state index >= 15 is 0 Å². The Morgan fingerprint density at radius 2 is 2.07 bits per heavy atom. The minimum atomic E-state index is 0.759. The van der Waals surface area contributed by atoms with E-state index in [-0.39, 0.29) is 0 Å². The average Bonchev–Trinajstić information content (AvgIpc) is 2.27. The molecule has 0 atom stereocenters. The van der Waals surface area contributed by atoms with Gasteiger partial charge in [0.2, 0.25) is 0 Å². The molecule has 0 saturated heterocycles. The maximum Gasteiger partial charge on any atom is 0.150 e. The fourth-order valence-electron chi connectivity index (χ4n) is 1.52. The molecule has 0 radical (unpaired) electrons. The molecule has 0 saturated carbocycles. The zero-order chi connectivity index (χ0) is 9.97. The number of aldehydes is 1. The lowest BCUT2D eigenvalue weighted by atomic mass is 10.1. The Morgan fingerprint density at radius 1 is 1.21 bits per heavy atom. The van der Waals surface area contributed by atoms with E-state index < -0.39 is 0 Å². The van der Waals surface area contributed by atoms with Gasteiger partial charge in [0, 0.05) is 10.5 Å². The summed E-state index contributed by atoms with van der Waals surface area (Å²) in [5.41, 5.74) is 0.759. The van der Waals surface area contributed by atoms with Gasteiger partial charge in [-0.2, -0.15) is 0 Å². The van der Waals surface area contributed by atoms with Crippen LogP contribution in [-0.4, -0.2) is 12.5 Å². The quantitative estimate of drug-likeness (QED) is 0.548. The van der Waals surface area contributed by atoms with E-state index in [0.717, 1.165) is 22.6 Å². The third kappa shape index (κ3) is 1.53. The summed E-state index contributed by atoms with van der Waals surface area (Å²) in [4.78, 5) is 12.0. The van der Waals surface area contributed by atoms with Gasteiger partial charge in [-0.3, -0.25) is 4.79 Å². The van der Waals surface area contributed by atoms with Crippen LogP contribution in [0.15, 0.2) is 41.3 Å². The normalized spacial score (nSPS) is 10.4. The maximum atomic E-state index is 10.8. The van der Waals surface area contributed by atoms with Crippen LogP contribution in [0, 0.1) is 0 Å². The topological polar surface area (TPSA) is 17.1 Å². The van der Waals surface area contributed by atoms with Gasteiger partial charge < -0.3 is 0 Å². The molecule has 0 aliphatic carbocycles. The monoisotopic (exact) mass is 202 g/mol.